The number of anilines is 1. The molecule has 6 heteroatoms. The SMILES string of the molecule is CN(CCNC(=O)c1ccc(Cl)nn1)c1ccccc1. The summed E-state index contributed by atoms with van der Waals surface area (Å²) in [7, 11) is 1.98. The van der Waals surface area contributed by atoms with Crippen molar-refractivity contribution in [3.63, 3.8) is 0 Å². The van der Waals surface area contributed by atoms with E-state index in [4.69, 9.17) is 11.6 Å². The maximum absolute atomic E-state index is 11.8. The molecule has 1 heterocycles. The molecule has 1 aromatic carbocycles. The lowest BCUT2D eigenvalue weighted by Gasteiger charge is -2.19. The first-order valence-corrected chi connectivity index (χ1v) is 6.58. The number of para-hydroxylation sites is 1. The Hall–Kier alpha value is -2.14. The standard InChI is InChI=1S/C14H15ClN4O/c1-19(11-5-3-2-4-6-11)10-9-16-14(20)12-7-8-13(15)18-17-12/h2-8H,9-10H2,1H3,(H,16,20). The predicted octanol–water partition coefficient (Wildman–Crippen LogP) is 2.00. The zero-order chi connectivity index (χ0) is 14.4. The highest BCUT2D eigenvalue weighted by molar-refractivity contribution is 6.29. The lowest BCUT2D eigenvalue weighted by atomic mass is 10.3. The summed E-state index contributed by atoms with van der Waals surface area (Å²) in [6.07, 6.45) is 0. The molecule has 1 amide bonds. The Morgan fingerprint density at radius 2 is 1.95 bits per heavy atom. The first-order chi connectivity index (χ1) is 9.66. The highest BCUT2D eigenvalue weighted by atomic mass is 35.5. The monoisotopic (exact) mass is 290 g/mol. The Labute approximate surface area is 122 Å². The van der Waals surface area contributed by atoms with Crippen LogP contribution in [0, 0.1) is 0 Å². The Balaban J connectivity index is 1.81. The lowest BCUT2D eigenvalue weighted by molar-refractivity contribution is 0.0948. The fraction of sp³-hybridized carbons (Fsp3) is 0.214. The van der Waals surface area contributed by atoms with Crippen molar-refractivity contribution in [3.05, 3.63) is 53.3 Å². The summed E-state index contributed by atoms with van der Waals surface area (Å²) in [6.45, 7) is 1.23. The number of hydrogen-bond donors (Lipinski definition) is 1. The number of aromatic nitrogens is 2. The largest absolute Gasteiger partial charge is 0.373 e. The maximum Gasteiger partial charge on any atom is 0.271 e. The Bertz CT molecular complexity index is 559. The summed E-state index contributed by atoms with van der Waals surface area (Å²) >= 11 is 5.62. The summed E-state index contributed by atoms with van der Waals surface area (Å²) in [5.41, 5.74) is 1.37. The van der Waals surface area contributed by atoms with E-state index in [1.807, 2.05) is 37.4 Å². The summed E-state index contributed by atoms with van der Waals surface area (Å²) in [4.78, 5) is 13.9. The number of rotatable bonds is 5. The van der Waals surface area contributed by atoms with Gasteiger partial charge in [0.15, 0.2) is 10.8 Å². The van der Waals surface area contributed by atoms with Crippen LogP contribution in [-0.4, -0.2) is 36.2 Å². The van der Waals surface area contributed by atoms with E-state index in [2.05, 4.69) is 20.4 Å². The van der Waals surface area contributed by atoms with Crippen molar-refractivity contribution in [1.82, 2.24) is 15.5 Å². The van der Waals surface area contributed by atoms with Gasteiger partial charge in [0.2, 0.25) is 0 Å². The van der Waals surface area contributed by atoms with Gasteiger partial charge >= 0.3 is 0 Å². The van der Waals surface area contributed by atoms with Gasteiger partial charge in [0.1, 0.15) is 0 Å². The average molecular weight is 291 g/mol. The molecule has 0 fully saturated rings. The number of hydrogen-bond acceptors (Lipinski definition) is 4. The fourth-order valence-electron chi connectivity index (χ4n) is 1.68. The number of amides is 1. The fourth-order valence-corrected chi connectivity index (χ4v) is 1.78. The molecule has 5 nitrogen and oxygen atoms in total. The smallest absolute Gasteiger partial charge is 0.271 e. The van der Waals surface area contributed by atoms with Crippen LogP contribution in [0.3, 0.4) is 0 Å². The molecule has 0 unspecified atom stereocenters. The summed E-state index contributed by atoms with van der Waals surface area (Å²) < 4.78 is 0. The molecule has 0 saturated heterocycles. The van der Waals surface area contributed by atoms with Crippen molar-refractivity contribution in [1.29, 1.82) is 0 Å². The van der Waals surface area contributed by atoms with Crippen LogP contribution in [0.25, 0.3) is 0 Å². The average Bonchev–Trinajstić information content (AvgIpc) is 2.48. The van der Waals surface area contributed by atoms with Gasteiger partial charge in [-0.1, -0.05) is 29.8 Å². The first-order valence-electron chi connectivity index (χ1n) is 6.20. The van der Waals surface area contributed by atoms with E-state index in [9.17, 15) is 4.79 Å². The van der Waals surface area contributed by atoms with Gasteiger partial charge in [-0.25, -0.2) is 0 Å². The van der Waals surface area contributed by atoms with Crippen LogP contribution >= 0.6 is 11.6 Å². The highest BCUT2D eigenvalue weighted by Crippen LogP contribution is 2.09. The molecule has 0 saturated carbocycles. The molecular weight excluding hydrogens is 276 g/mol. The molecule has 0 radical (unpaired) electrons. The molecule has 0 atom stereocenters. The number of benzene rings is 1. The van der Waals surface area contributed by atoms with Crippen molar-refractivity contribution in [2.75, 3.05) is 25.0 Å². The number of nitrogens with zero attached hydrogens (tertiary/aromatic N) is 3. The van der Waals surface area contributed by atoms with Gasteiger partial charge in [0.25, 0.3) is 5.91 Å². The van der Waals surface area contributed by atoms with Crippen LogP contribution < -0.4 is 10.2 Å². The van der Waals surface area contributed by atoms with Crippen molar-refractivity contribution < 1.29 is 4.79 Å². The van der Waals surface area contributed by atoms with E-state index in [0.717, 1.165) is 5.69 Å². The van der Waals surface area contributed by atoms with Crippen LogP contribution in [-0.2, 0) is 0 Å². The third-order valence-electron chi connectivity index (χ3n) is 2.79. The van der Waals surface area contributed by atoms with Crippen molar-refractivity contribution >= 4 is 23.2 Å². The molecule has 0 aliphatic carbocycles. The van der Waals surface area contributed by atoms with E-state index in [0.29, 0.717) is 13.1 Å². The highest BCUT2D eigenvalue weighted by Gasteiger charge is 2.07. The van der Waals surface area contributed by atoms with E-state index in [1.54, 1.807) is 12.1 Å². The van der Waals surface area contributed by atoms with E-state index in [1.165, 1.54) is 0 Å². The Morgan fingerprint density at radius 1 is 1.20 bits per heavy atom. The third kappa shape index (κ3) is 3.93. The van der Waals surface area contributed by atoms with Crippen LogP contribution in [0.5, 0.6) is 0 Å². The van der Waals surface area contributed by atoms with Crippen LogP contribution in [0.15, 0.2) is 42.5 Å². The second-order valence-corrected chi connectivity index (χ2v) is 4.64. The molecule has 0 bridgehead atoms. The second-order valence-electron chi connectivity index (χ2n) is 4.25. The van der Waals surface area contributed by atoms with E-state index in [-0.39, 0.29) is 16.8 Å². The van der Waals surface area contributed by atoms with Crippen molar-refractivity contribution in [3.8, 4) is 0 Å². The van der Waals surface area contributed by atoms with Gasteiger partial charge in [0.05, 0.1) is 0 Å². The summed E-state index contributed by atoms with van der Waals surface area (Å²) in [6, 6.07) is 13.1. The topological polar surface area (TPSA) is 58.1 Å². The molecule has 104 valence electrons. The second kappa shape index (κ2) is 6.86. The molecular formula is C14H15ClN4O. The van der Waals surface area contributed by atoms with Gasteiger partial charge in [0, 0.05) is 25.8 Å². The van der Waals surface area contributed by atoms with Crippen LogP contribution in [0.4, 0.5) is 5.69 Å². The predicted molar refractivity (Wildman–Crippen MR) is 79.1 cm³/mol. The molecule has 0 aliphatic rings. The zero-order valence-electron chi connectivity index (χ0n) is 11.1. The Morgan fingerprint density at radius 3 is 2.60 bits per heavy atom. The molecule has 20 heavy (non-hydrogen) atoms. The molecule has 1 N–H and O–H groups in total. The number of halogens is 1. The normalized spacial score (nSPS) is 10.1. The third-order valence-corrected chi connectivity index (χ3v) is 3.00. The summed E-state index contributed by atoms with van der Waals surface area (Å²) in [5, 5.41) is 10.4. The zero-order valence-corrected chi connectivity index (χ0v) is 11.8. The van der Waals surface area contributed by atoms with E-state index < -0.39 is 0 Å². The minimum atomic E-state index is -0.254. The number of nitrogens with one attached hydrogen (secondary N) is 1. The number of carbonyl (C=O) groups excluding carboxylic acids is 1. The maximum atomic E-state index is 11.8. The van der Waals surface area contributed by atoms with Crippen LogP contribution in [0.1, 0.15) is 10.5 Å². The first kappa shape index (κ1) is 14.3. The molecule has 0 spiro atoms. The minimum absolute atomic E-state index is 0.254. The van der Waals surface area contributed by atoms with Gasteiger partial charge in [-0.3, -0.25) is 4.79 Å². The molecule has 1 aromatic heterocycles. The summed E-state index contributed by atoms with van der Waals surface area (Å²) in [5.74, 6) is -0.254. The van der Waals surface area contributed by atoms with Crippen LogP contribution in [0.2, 0.25) is 5.15 Å². The number of likely N-dealkylation sites (N-methyl/N-ethyl adjacent to an activating group) is 1. The van der Waals surface area contributed by atoms with Gasteiger partial charge in [-0.15, -0.1) is 10.2 Å². The lowest BCUT2D eigenvalue weighted by Crippen LogP contribution is -2.33. The Kier molecular flexibility index (Phi) is 4.90. The van der Waals surface area contributed by atoms with Gasteiger partial charge < -0.3 is 10.2 Å². The van der Waals surface area contributed by atoms with Gasteiger partial charge in [-0.2, -0.15) is 0 Å². The minimum Gasteiger partial charge on any atom is -0.373 e. The van der Waals surface area contributed by atoms with E-state index >= 15 is 0 Å². The molecule has 0 aliphatic heterocycles. The molecule has 2 aromatic rings. The number of carbonyl (C=O) groups is 1. The molecule has 2 rings (SSSR count). The van der Waals surface area contributed by atoms with Crippen molar-refractivity contribution in [2.45, 2.75) is 0 Å². The quantitative estimate of drug-likeness (QED) is 0.915. The van der Waals surface area contributed by atoms with Gasteiger partial charge in [-0.05, 0) is 24.3 Å². The van der Waals surface area contributed by atoms with Crippen molar-refractivity contribution in [2.24, 2.45) is 0 Å².